The number of anilines is 2. The van der Waals surface area contributed by atoms with Crippen LogP contribution in [0.3, 0.4) is 0 Å². The van der Waals surface area contributed by atoms with Crippen molar-refractivity contribution in [3.8, 4) is 0 Å². The first-order valence-corrected chi connectivity index (χ1v) is 11.2. The van der Waals surface area contributed by atoms with Crippen molar-refractivity contribution in [3.05, 3.63) is 66.2 Å². The third-order valence-electron chi connectivity index (χ3n) is 6.90. The van der Waals surface area contributed by atoms with E-state index in [0.717, 1.165) is 18.5 Å². The molecule has 1 N–H and O–H groups in total. The van der Waals surface area contributed by atoms with Gasteiger partial charge in [-0.3, -0.25) is 9.59 Å². The zero-order valence-corrected chi connectivity index (χ0v) is 17.4. The lowest BCUT2D eigenvalue weighted by atomic mass is 9.70. The molecule has 1 fully saturated rings. The Labute approximate surface area is 178 Å². The normalized spacial score (nSPS) is 26.7. The number of fused-ring (bicyclic) bond motifs is 5. The molecule has 0 saturated carbocycles. The molecule has 1 unspecified atom stereocenters. The van der Waals surface area contributed by atoms with Gasteiger partial charge in [-0.2, -0.15) is 0 Å². The minimum Gasteiger partial charge on any atom is -0.377 e. The third kappa shape index (κ3) is 2.97. The zero-order valence-electron chi connectivity index (χ0n) is 17.4. The van der Waals surface area contributed by atoms with E-state index in [9.17, 15) is 9.59 Å². The van der Waals surface area contributed by atoms with E-state index in [-0.39, 0.29) is 35.6 Å². The van der Waals surface area contributed by atoms with E-state index >= 15 is 0 Å². The first-order valence-electron chi connectivity index (χ1n) is 11.2. The summed E-state index contributed by atoms with van der Waals surface area (Å²) in [4.78, 5) is 28.6. The van der Waals surface area contributed by atoms with Crippen LogP contribution in [0, 0.1) is 17.8 Å². The Morgan fingerprint density at radius 2 is 1.60 bits per heavy atom. The van der Waals surface area contributed by atoms with Crippen LogP contribution in [0.25, 0.3) is 5.57 Å². The second kappa shape index (κ2) is 7.75. The van der Waals surface area contributed by atoms with Crippen molar-refractivity contribution >= 4 is 28.8 Å². The fourth-order valence-electron chi connectivity index (χ4n) is 5.50. The van der Waals surface area contributed by atoms with Gasteiger partial charge in [0.25, 0.3) is 0 Å². The summed E-state index contributed by atoms with van der Waals surface area (Å²) >= 11 is 0. The second-order valence-corrected chi connectivity index (χ2v) is 8.70. The lowest BCUT2D eigenvalue weighted by molar-refractivity contribution is -0.122. The number of hydrogen-bond acceptors (Lipinski definition) is 3. The van der Waals surface area contributed by atoms with E-state index in [1.165, 1.54) is 35.3 Å². The molecule has 0 bridgehead atoms. The molecule has 0 aromatic heterocycles. The smallest absolute Gasteiger partial charge is 0.240 e. The molecule has 3 aliphatic rings. The Bertz CT molecular complexity index is 997. The molecule has 4 atom stereocenters. The number of hydrogen-bond donors (Lipinski definition) is 1. The zero-order chi connectivity index (χ0) is 20.7. The molecule has 2 amide bonds. The Balaban J connectivity index is 1.53. The maximum absolute atomic E-state index is 13.6. The number of rotatable bonds is 6. The number of nitrogens with zero attached hydrogens (tertiary/aromatic N) is 1. The summed E-state index contributed by atoms with van der Waals surface area (Å²) in [5, 5.41) is 3.56. The van der Waals surface area contributed by atoms with Gasteiger partial charge in [0.05, 0.1) is 23.6 Å². The molecular formula is C26H28N2O2. The average molecular weight is 401 g/mol. The summed E-state index contributed by atoms with van der Waals surface area (Å²) in [5.41, 5.74) is 4.13. The fraction of sp³-hybridized carbons (Fsp3) is 0.385. The summed E-state index contributed by atoms with van der Waals surface area (Å²) in [5.74, 6) is -0.622. The number of nitrogens with one attached hydrogen (secondary N) is 1. The number of imide groups is 1. The number of amides is 2. The molecule has 1 aliphatic carbocycles. The highest BCUT2D eigenvalue weighted by molar-refractivity contribution is 6.23. The minimum absolute atomic E-state index is 0.0373. The van der Waals surface area contributed by atoms with Crippen molar-refractivity contribution in [2.45, 2.75) is 45.1 Å². The Morgan fingerprint density at radius 1 is 0.867 bits per heavy atom. The molecule has 2 aliphatic heterocycles. The molecule has 154 valence electrons. The van der Waals surface area contributed by atoms with E-state index in [1.807, 2.05) is 42.5 Å². The monoisotopic (exact) mass is 400 g/mol. The first kappa shape index (κ1) is 19.1. The first-order chi connectivity index (χ1) is 14.7. The highest BCUT2D eigenvalue weighted by Crippen LogP contribution is 2.51. The Morgan fingerprint density at radius 3 is 2.40 bits per heavy atom. The second-order valence-electron chi connectivity index (χ2n) is 8.70. The summed E-state index contributed by atoms with van der Waals surface area (Å²) in [6, 6.07) is 17.5. The van der Waals surface area contributed by atoms with E-state index in [4.69, 9.17) is 0 Å². The highest BCUT2D eigenvalue weighted by atomic mass is 16.2. The van der Waals surface area contributed by atoms with E-state index in [2.05, 4.69) is 30.4 Å². The predicted molar refractivity (Wildman–Crippen MR) is 120 cm³/mol. The number of carbonyl (C=O) groups is 2. The summed E-state index contributed by atoms with van der Waals surface area (Å²) in [6.45, 7) is 2.21. The van der Waals surface area contributed by atoms with Crippen molar-refractivity contribution in [2.75, 3.05) is 10.2 Å². The predicted octanol–water partition coefficient (Wildman–Crippen LogP) is 5.27. The van der Waals surface area contributed by atoms with Gasteiger partial charge >= 0.3 is 0 Å². The van der Waals surface area contributed by atoms with Gasteiger partial charge in [0.15, 0.2) is 0 Å². The summed E-state index contributed by atoms with van der Waals surface area (Å²) < 4.78 is 0. The van der Waals surface area contributed by atoms with E-state index < -0.39 is 0 Å². The van der Waals surface area contributed by atoms with Crippen molar-refractivity contribution in [3.63, 3.8) is 0 Å². The molecule has 2 aromatic carbocycles. The van der Waals surface area contributed by atoms with Gasteiger partial charge in [-0.25, -0.2) is 4.90 Å². The number of benzene rings is 2. The number of carbonyl (C=O) groups excluding carboxylic acids is 2. The molecule has 1 saturated heterocycles. The van der Waals surface area contributed by atoms with E-state index in [1.54, 1.807) is 0 Å². The van der Waals surface area contributed by atoms with Crippen LogP contribution < -0.4 is 10.2 Å². The Kier molecular flexibility index (Phi) is 4.93. The molecule has 0 spiro atoms. The molecule has 4 heteroatoms. The summed E-state index contributed by atoms with van der Waals surface area (Å²) in [6.07, 6.45) is 7.94. The quantitative estimate of drug-likeness (QED) is 0.531. The molecule has 2 heterocycles. The van der Waals surface area contributed by atoms with Crippen LogP contribution in [-0.4, -0.2) is 17.9 Å². The molecule has 30 heavy (non-hydrogen) atoms. The van der Waals surface area contributed by atoms with Gasteiger partial charge in [0.1, 0.15) is 0 Å². The van der Waals surface area contributed by atoms with Crippen LogP contribution in [0.4, 0.5) is 11.4 Å². The van der Waals surface area contributed by atoms with Crippen molar-refractivity contribution < 1.29 is 9.59 Å². The van der Waals surface area contributed by atoms with E-state index in [0.29, 0.717) is 5.69 Å². The van der Waals surface area contributed by atoms with Crippen LogP contribution in [0.15, 0.2) is 60.7 Å². The third-order valence-corrected chi connectivity index (χ3v) is 6.90. The fourth-order valence-corrected chi connectivity index (χ4v) is 5.50. The Hall–Kier alpha value is -2.88. The minimum atomic E-state index is -0.346. The highest BCUT2D eigenvalue weighted by Gasteiger charge is 2.57. The van der Waals surface area contributed by atoms with Gasteiger partial charge < -0.3 is 5.32 Å². The van der Waals surface area contributed by atoms with Crippen molar-refractivity contribution in [1.82, 2.24) is 0 Å². The summed E-state index contributed by atoms with van der Waals surface area (Å²) in [7, 11) is 0. The molecule has 4 nitrogen and oxygen atoms in total. The topological polar surface area (TPSA) is 49.4 Å². The van der Waals surface area contributed by atoms with Crippen molar-refractivity contribution in [2.24, 2.45) is 17.8 Å². The average Bonchev–Trinajstić information content (AvgIpc) is 3.27. The lowest BCUT2D eigenvalue weighted by Crippen LogP contribution is -2.41. The molecule has 0 radical (unpaired) electrons. The molecule has 5 rings (SSSR count). The largest absolute Gasteiger partial charge is 0.377 e. The maximum atomic E-state index is 13.6. The number of allylic oxidation sites excluding steroid dienone is 1. The standard InChI is InChI=1S/C26H28N2O2/c1-2-3-4-6-11-17-16-20-19-14-9-10-15-21(19)27-24(20)23-22(17)25(29)28(26(23)30)18-12-7-5-8-13-18/h5,7-10,12-17,22-24,27H,2-4,6,11H2,1H3/t17-,22-,23-,24?/m1/s1. The SMILES string of the molecule is CCCCCC[C@@H]1C=C2c3ccccc3NC2[C@@H]2C(=O)N(c3ccccc3)C(=O)[C@H]12. The molecule has 2 aromatic rings. The van der Waals surface area contributed by atoms with Gasteiger partial charge in [-0.05, 0) is 36.1 Å². The number of unbranched alkanes of at least 4 members (excludes halogenated alkanes) is 3. The van der Waals surface area contributed by atoms with Crippen LogP contribution in [-0.2, 0) is 9.59 Å². The lowest BCUT2D eigenvalue weighted by Gasteiger charge is -2.33. The van der Waals surface area contributed by atoms with Gasteiger partial charge in [0, 0.05) is 11.3 Å². The van der Waals surface area contributed by atoms with Gasteiger partial charge in [-0.1, -0.05) is 75.1 Å². The van der Waals surface area contributed by atoms with Crippen molar-refractivity contribution in [1.29, 1.82) is 0 Å². The van der Waals surface area contributed by atoms with Crippen LogP contribution in [0.5, 0.6) is 0 Å². The number of para-hydroxylation sites is 2. The molecular weight excluding hydrogens is 372 g/mol. The van der Waals surface area contributed by atoms with Crippen LogP contribution in [0.2, 0.25) is 0 Å². The van der Waals surface area contributed by atoms with Gasteiger partial charge in [0.2, 0.25) is 11.8 Å². The maximum Gasteiger partial charge on any atom is 0.240 e. The van der Waals surface area contributed by atoms with Crippen LogP contribution in [0.1, 0.15) is 44.6 Å². The van der Waals surface area contributed by atoms with Crippen LogP contribution >= 0.6 is 0 Å². The van der Waals surface area contributed by atoms with Gasteiger partial charge in [-0.15, -0.1) is 0 Å².